The van der Waals surface area contributed by atoms with E-state index < -0.39 is 12.3 Å². The van der Waals surface area contributed by atoms with E-state index in [1.807, 2.05) is 0 Å². The quantitative estimate of drug-likeness (QED) is 0.625. The van der Waals surface area contributed by atoms with Gasteiger partial charge in [-0.15, -0.1) is 0 Å². The largest absolute Gasteiger partial charge is 0.506 e. The number of hydrogen-bond acceptors (Lipinski definition) is 4. The summed E-state index contributed by atoms with van der Waals surface area (Å²) in [5, 5.41) is 8.53. The van der Waals surface area contributed by atoms with Crippen LogP contribution >= 0.6 is 0 Å². The Bertz CT molecular complexity index is 312. The summed E-state index contributed by atoms with van der Waals surface area (Å²) in [7, 11) is 0. The molecule has 0 radical (unpaired) electrons. The number of carbonyl (C=O) groups excluding carboxylic acids is 1. The minimum absolute atomic E-state index is 0.0126. The Hall–Kier alpha value is -1.26. The van der Waals surface area contributed by atoms with Gasteiger partial charge in [0.1, 0.15) is 12.2 Å². The van der Waals surface area contributed by atoms with Crippen molar-refractivity contribution in [3.05, 3.63) is 0 Å². The van der Waals surface area contributed by atoms with Crippen molar-refractivity contribution in [2.24, 2.45) is 17.8 Å². The zero-order valence-corrected chi connectivity index (χ0v) is 7.38. The molecule has 5 nitrogen and oxygen atoms in total. The maximum atomic E-state index is 11.3. The van der Waals surface area contributed by atoms with E-state index in [2.05, 4.69) is 0 Å². The van der Waals surface area contributed by atoms with Crippen molar-refractivity contribution < 1.29 is 24.2 Å². The summed E-state index contributed by atoms with van der Waals surface area (Å²) < 4.78 is 9.89. The van der Waals surface area contributed by atoms with Crippen molar-refractivity contribution in [2.45, 2.75) is 25.0 Å². The standard InChI is InChI=1S/C9H10O5/c10-8-5-2-3-1-4(5)7(13-8)6(3)14-9(11)12/h3-7H,1-2H2,(H,11,12). The molecule has 0 amide bonds. The first-order valence-corrected chi connectivity index (χ1v) is 4.77. The third-order valence-electron chi connectivity index (χ3n) is 3.65. The van der Waals surface area contributed by atoms with Gasteiger partial charge in [-0.3, -0.25) is 4.79 Å². The van der Waals surface area contributed by atoms with Crippen LogP contribution in [0.25, 0.3) is 0 Å². The zero-order valence-electron chi connectivity index (χ0n) is 7.38. The van der Waals surface area contributed by atoms with Crippen LogP contribution in [-0.2, 0) is 14.3 Å². The molecule has 5 atom stereocenters. The summed E-state index contributed by atoms with van der Waals surface area (Å²) in [4.78, 5) is 21.7. The van der Waals surface area contributed by atoms with Gasteiger partial charge in [-0.2, -0.15) is 0 Å². The number of carbonyl (C=O) groups is 2. The van der Waals surface area contributed by atoms with Crippen LogP contribution in [0.2, 0.25) is 0 Å². The molecule has 2 saturated carbocycles. The maximum Gasteiger partial charge on any atom is 0.506 e. The van der Waals surface area contributed by atoms with Crippen molar-refractivity contribution in [1.82, 2.24) is 0 Å². The van der Waals surface area contributed by atoms with Crippen molar-refractivity contribution in [3.63, 3.8) is 0 Å². The van der Waals surface area contributed by atoms with E-state index in [0.717, 1.165) is 12.8 Å². The van der Waals surface area contributed by atoms with E-state index in [-0.39, 0.29) is 29.8 Å². The van der Waals surface area contributed by atoms with Crippen molar-refractivity contribution >= 4 is 12.1 Å². The van der Waals surface area contributed by atoms with E-state index in [1.54, 1.807) is 0 Å². The molecule has 3 fully saturated rings. The molecule has 14 heavy (non-hydrogen) atoms. The first-order chi connectivity index (χ1) is 6.66. The molecule has 1 heterocycles. The monoisotopic (exact) mass is 198 g/mol. The number of ether oxygens (including phenoxy) is 2. The molecule has 1 saturated heterocycles. The van der Waals surface area contributed by atoms with E-state index in [0.29, 0.717) is 0 Å². The smallest absolute Gasteiger partial charge is 0.458 e. The Morgan fingerprint density at radius 3 is 3.00 bits per heavy atom. The molecular weight excluding hydrogens is 188 g/mol. The Balaban J connectivity index is 1.85. The molecule has 76 valence electrons. The second-order valence-electron chi connectivity index (χ2n) is 4.25. The molecular formula is C9H10O5. The lowest BCUT2D eigenvalue weighted by molar-refractivity contribution is -0.146. The van der Waals surface area contributed by atoms with E-state index in [9.17, 15) is 9.59 Å². The summed E-state index contributed by atoms with van der Waals surface area (Å²) in [5.74, 6) is 0.243. The molecule has 0 spiro atoms. The van der Waals surface area contributed by atoms with Crippen LogP contribution in [-0.4, -0.2) is 29.4 Å². The highest BCUT2D eigenvalue weighted by Gasteiger charge is 2.63. The van der Waals surface area contributed by atoms with Gasteiger partial charge in [0.25, 0.3) is 0 Å². The Labute approximate surface area is 80.0 Å². The molecule has 3 aliphatic rings. The van der Waals surface area contributed by atoms with E-state index in [4.69, 9.17) is 14.6 Å². The van der Waals surface area contributed by atoms with Gasteiger partial charge in [-0.05, 0) is 12.8 Å². The average molecular weight is 198 g/mol. The molecule has 5 heteroatoms. The zero-order chi connectivity index (χ0) is 9.87. The third-order valence-corrected chi connectivity index (χ3v) is 3.65. The second-order valence-corrected chi connectivity index (χ2v) is 4.25. The fraction of sp³-hybridized carbons (Fsp3) is 0.778. The average Bonchev–Trinajstić information content (AvgIpc) is 2.67. The number of esters is 1. The molecule has 5 unspecified atom stereocenters. The fourth-order valence-electron chi connectivity index (χ4n) is 3.18. The summed E-state index contributed by atoms with van der Waals surface area (Å²) >= 11 is 0. The molecule has 2 aliphatic carbocycles. The van der Waals surface area contributed by atoms with Gasteiger partial charge in [-0.25, -0.2) is 4.79 Å². The highest BCUT2D eigenvalue weighted by Crippen LogP contribution is 2.55. The number of carboxylic acid groups (broad SMARTS) is 1. The van der Waals surface area contributed by atoms with Gasteiger partial charge in [-0.1, -0.05) is 0 Å². The molecule has 3 rings (SSSR count). The molecule has 0 aromatic rings. The minimum Gasteiger partial charge on any atom is -0.458 e. The first-order valence-electron chi connectivity index (χ1n) is 4.77. The Morgan fingerprint density at radius 1 is 1.50 bits per heavy atom. The summed E-state index contributed by atoms with van der Waals surface area (Å²) in [6.45, 7) is 0. The molecule has 1 N–H and O–H groups in total. The lowest BCUT2D eigenvalue weighted by Gasteiger charge is -2.23. The predicted molar refractivity (Wildman–Crippen MR) is 42.5 cm³/mol. The number of fused-ring (bicyclic) bond motifs is 1. The summed E-state index contributed by atoms with van der Waals surface area (Å²) in [6, 6.07) is 0. The molecule has 0 aromatic heterocycles. The normalized spacial score (nSPS) is 48.0. The Morgan fingerprint density at radius 2 is 2.29 bits per heavy atom. The number of hydrogen-bond donors (Lipinski definition) is 1. The van der Waals surface area contributed by atoms with Crippen LogP contribution < -0.4 is 0 Å². The lowest BCUT2D eigenvalue weighted by Crippen LogP contribution is -2.35. The van der Waals surface area contributed by atoms with Crippen LogP contribution in [0.15, 0.2) is 0 Å². The summed E-state index contributed by atoms with van der Waals surface area (Å²) in [5.41, 5.74) is 0. The van der Waals surface area contributed by atoms with E-state index in [1.165, 1.54) is 0 Å². The number of rotatable bonds is 1. The van der Waals surface area contributed by atoms with Gasteiger partial charge in [0.2, 0.25) is 0 Å². The van der Waals surface area contributed by atoms with E-state index >= 15 is 0 Å². The van der Waals surface area contributed by atoms with Gasteiger partial charge >= 0.3 is 12.1 Å². The van der Waals surface area contributed by atoms with Gasteiger partial charge in [0.05, 0.1) is 5.92 Å². The van der Waals surface area contributed by atoms with Crippen LogP contribution in [0.1, 0.15) is 12.8 Å². The highest BCUT2D eigenvalue weighted by molar-refractivity contribution is 5.76. The molecule has 1 aliphatic heterocycles. The van der Waals surface area contributed by atoms with Crippen LogP contribution in [0.4, 0.5) is 4.79 Å². The fourth-order valence-corrected chi connectivity index (χ4v) is 3.18. The SMILES string of the molecule is O=C(O)OC1C2CC3C(=O)OC1C3C2. The molecule has 0 aromatic carbocycles. The van der Waals surface area contributed by atoms with Crippen LogP contribution in [0.3, 0.4) is 0 Å². The van der Waals surface area contributed by atoms with Gasteiger partial charge in [0, 0.05) is 11.8 Å². The van der Waals surface area contributed by atoms with Crippen molar-refractivity contribution in [1.29, 1.82) is 0 Å². The van der Waals surface area contributed by atoms with Crippen LogP contribution in [0.5, 0.6) is 0 Å². The Kier molecular flexibility index (Phi) is 1.39. The second kappa shape index (κ2) is 2.40. The van der Waals surface area contributed by atoms with Crippen LogP contribution in [0, 0.1) is 17.8 Å². The minimum atomic E-state index is -1.28. The third kappa shape index (κ3) is 0.844. The van der Waals surface area contributed by atoms with Crippen molar-refractivity contribution in [2.75, 3.05) is 0 Å². The summed E-state index contributed by atoms with van der Waals surface area (Å²) in [6.07, 6.45) is -0.388. The van der Waals surface area contributed by atoms with Crippen molar-refractivity contribution in [3.8, 4) is 0 Å². The van der Waals surface area contributed by atoms with Gasteiger partial charge < -0.3 is 14.6 Å². The highest BCUT2D eigenvalue weighted by atomic mass is 16.7. The maximum absolute atomic E-state index is 11.3. The molecule has 2 bridgehead atoms. The lowest BCUT2D eigenvalue weighted by atomic mass is 9.88. The van der Waals surface area contributed by atoms with Gasteiger partial charge in [0.15, 0.2) is 0 Å². The predicted octanol–water partition coefficient (Wildman–Crippen LogP) is 0.631. The first kappa shape index (κ1) is 8.08. The topological polar surface area (TPSA) is 72.8 Å².